The minimum atomic E-state index is -0.00209. The second-order valence-electron chi connectivity index (χ2n) is 4.73. The first-order valence-corrected chi connectivity index (χ1v) is 6.43. The number of carbonyl (C=O) groups is 1. The number of morpholine rings is 1. The fourth-order valence-electron chi connectivity index (χ4n) is 2.00. The monoisotopic (exact) mass is 247 g/mol. The van der Waals surface area contributed by atoms with Crippen molar-refractivity contribution in [2.45, 2.75) is 18.9 Å². The van der Waals surface area contributed by atoms with Gasteiger partial charge in [0.1, 0.15) is 11.5 Å². The largest absolute Gasteiger partial charge is 0.378 e. The third kappa shape index (κ3) is 2.61. The Labute approximate surface area is 106 Å². The third-order valence-corrected chi connectivity index (χ3v) is 3.20. The van der Waals surface area contributed by atoms with Gasteiger partial charge < -0.3 is 15.0 Å². The molecule has 1 N–H and O–H groups in total. The van der Waals surface area contributed by atoms with Crippen LogP contribution in [0.2, 0.25) is 0 Å². The molecule has 1 aromatic rings. The molecule has 3 rings (SSSR count). The van der Waals surface area contributed by atoms with E-state index < -0.39 is 0 Å². The minimum absolute atomic E-state index is 0.00209. The summed E-state index contributed by atoms with van der Waals surface area (Å²) in [6.45, 7) is 2.54. The van der Waals surface area contributed by atoms with Crippen LogP contribution in [0.4, 0.5) is 5.82 Å². The van der Waals surface area contributed by atoms with Gasteiger partial charge in [0.25, 0.3) is 5.91 Å². The van der Waals surface area contributed by atoms with Crippen LogP contribution in [-0.2, 0) is 4.74 Å². The van der Waals surface area contributed by atoms with Gasteiger partial charge in [-0.2, -0.15) is 0 Å². The number of carbonyl (C=O) groups excluding carboxylic acids is 1. The SMILES string of the molecule is O=C(c1cccc(NC2CC2)n1)N1CCOCC1. The number of pyridine rings is 1. The molecular weight excluding hydrogens is 230 g/mol. The normalized spacial score (nSPS) is 19.7. The fraction of sp³-hybridized carbons (Fsp3) is 0.538. The first-order valence-electron chi connectivity index (χ1n) is 6.43. The van der Waals surface area contributed by atoms with E-state index >= 15 is 0 Å². The average molecular weight is 247 g/mol. The van der Waals surface area contributed by atoms with Crippen molar-refractivity contribution in [3.8, 4) is 0 Å². The number of hydrogen-bond acceptors (Lipinski definition) is 4. The topological polar surface area (TPSA) is 54.5 Å². The van der Waals surface area contributed by atoms with Crippen LogP contribution >= 0.6 is 0 Å². The molecule has 0 radical (unpaired) electrons. The molecule has 0 aromatic carbocycles. The van der Waals surface area contributed by atoms with Gasteiger partial charge in [-0.3, -0.25) is 4.79 Å². The Morgan fingerprint density at radius 3 is 2.83 bits per heavy atom. The second kappa shape index (κ2) is 4.94. The van der Waals surface area contributed by atoms with Crippen LogP contribution in [0.5, 0.6) is 0 Å². The van der Waals surface area contributed by atoms with Crippen molar-refractivity contribution in [1.29, 1.82) is 0 Å². The lowest BCUT2D eigenvalue weighted by Gasteiger charge is -2.26. The molecule has 5 heteroatoms. The molecule has 96 valence electrons. The number of hydrogen-bond donors (Lipinski definition) is 1. The van der Waals surface area contributed by atoms with E-state index in [0.717, 1.165) is 5.82 Å². The maximum atomic E-state index is 12.2. The lowest BCUT2D eigenvalue weighted by atomic mass is 10.3. The highest BCUT2D eigenvalue weighted by atomic mass is 16.5. The van der Waals surface area contributed by atoms with Gasteiger partial charge in [0.05, 0.1) is 13.2 Å². The van der Waals surface area contributed by atoms with Gasteiger partial charge in [-0.15, -0.1) is 0 Å². The Bertz CT molecular complexity index is 440. The minimum Gasteiger partial charge on any atom is -0.378 e. The van der Waals surface area contributed by atoms with Gasteiger partial charge >= 0.3 is 0 Å². The lowest BCUT2D eigenvalue weighted by Crippen LogP contribution is -2.41. The van der Waals surface area contributed by atoms with E-state index in [-0.39, 0.29) is 5.91 Å². The summed E-state index contributed by atoms with van der Waals surface area (Å²) < 4.78 is 5.24. The summed E-state index contributed by atoms with van der Waals surface area (Å²) in [5, 5.41) is 3.31. The van der Waals surface area contributed by atoms with Crippen molar-refractivity contribution in [2.75, 3.05) is 31.6 Å². The average Bonchev–Trinajstić information content (AvgIpc) is 3.23. The predicted octanol–water partition coefficient (Wildman–Crippen LogP) is 1.13. The van der Waals surface area contributed by atoms with Gasteiger partial charge in [-0.05, 0) is 25.0 Å². The molecule has 5 nitrogen and oxygen atoms in total. The van der Waals surface area contributed by atoms with E-state index in [9.17, 15) is 4.79 Å². The zero-order valence-corrected chi connectivity index (χ0v) is 10.3. The highest BCUT2D eigenvalue weighted by Crippen LogP contribution is 2.23. The maximum absolute atomic E-state index is 12.2. The van der Waals surface area contributed by atoms with Crippen LogP contribution < -0.4 is 5.32 Å². The molecule has 2 fully saturated rings. The van der Waals surface area contributed by atoms with E-state index in [0.29, 0.717) is 38.0 Å². The summed E-state index contributed by atoms with van der Waals surface area (Å²) in [6.07, 6.45) is 2.40. The number of nitrogens with zero attached hydrogens (tertiary/aromatic N) is 2. The van der Waals surface area contributed by atoms with Crippen molar-refractivity contribution in [2.24, 2.45) is 0 Å². The predicted molar refractivity (Wildman–Crippen MR) is 67.6 cm³/mol. The van der Waals surface area contributed by atoms with E-state index in [2.05, 4.69) is 10.3 Å². The number of aromatic nitrogens is 1. The smallest absolute Gasteiger partial charge is 0.272 e. The van der Waals surface area contributed by atoms with E-state index in [4.69, 9.17) is 4.74 Å². The highest BCUT2D eigenvalue weighted by molar-refractivity contribution is 5.92. The third-order valence-electron chi connectivity index (χ3n) is 3.20. The summed E-state index contributed by atoms with van der Waals surface area (Å²) in [6, 6.07) is 6.11. The Morgan fingerprint density at radius 1 is 1.33 bits per heavy atom. The zero-order chi connectivity index (χ0) is 12.4. The van der Waals surface area contributed by atoms with Crippen molar-refractivity contribution in [3.05, 3.63) is 23.9 Å². The Hall–Kier alpha value is -1.62. The summed E-state index contributed by atoms with van der Waals surface area (Å²) in [4.78, 5) is 18.4. The van der Waals surface area contributed by atoms with Gasteiger partial charge in [-0.25, -0.2) is 4.98 Å². The highest BCUT2D eigenvalue weighted by Gasteiger charge is 2.23. The molecule has 1 saturated carbocycles. The lowest BCUT2D eigenvalue weighted by molar-refractivity contribution is 0.0299. The van der Waals surface area contributed by atoms with Crippen molar-refractivity contribution in [3.63, 3.8) is 0 Å². The molecule has 0 spiro atoms. The van der Waals surface area contributed by atoms with Crippen LogP contribution in [0, 0.1) is 0 Å². The molecule has 0 bridgehead atoms. The van der Waals surface area contributed by atoms with Crippen LogP contribution in [0.25, 0.3) is 0 Å². The van der Waals surface area contributed by atoms with E-state index in [1.807, 2.05) is 12.1 Å². The molecule has 1 aliphatic heterocycles. The Balaban J connectivity index is 1.71. The molecule has 1 amide bonds. The molecule has 1 saturated heterocycles. The molecule has 2 heterocycles. The summed E-state index contributed by atoms with van der Waals surface area (Å²) in [7, 11) is 0. The Kier molecular flexibility index (Phi) is 3.15. The number of amides is 1. The number of nitrogens with one attached hydrogen (secondary N) is 1. The maximum Gasteiger partial charge on any atom is 0.272 e. The van der Waals surface area contributed by atoms with Gasteiger partial charge in [-0.1, -0.05) is 6.07 Å². The van der Waals surface area contributed by atoms with Crippen molar-refractivity contribution >= 4 is 11.7 Å². The summed E-state index contributed by atoms with van der Waals surface area (Å²) >= 11 is 0. The van der Waals surface area contributed by atoms with Gasteiger partial charge in [0, 0.05) is 19.1 Å². The molecule has 1 aromatic heterocycles. The van der Waals surface area contributed by atoms with Crippen molar-refractivity contribution < 1.29 is 9.53 Å². The number of anilines is 1. The van der Waals surface area contributed by atoms with E-state index in [1.54, 1.807) is 11.0 Å². The van der Waals surface area contributed by atoms with Crippen LogP contribution in [0.3, 0.4) is 0 Å². The second-order valence-corrected chi connectivity index (χ2v) is 4.73. The standard InChI is InChI=1S/C13H17N3O2/c17-13(16-6-8-18-9-7-16)11-2-1-3-12(15-11)14-10-4-5-10/h1-3,10H,4-9H2,(H,14,15). The summed E-state index contributed by atoms with van der Waals surface area (Å²) in [5.74, 6) is 0.800. The molecule has 2 aliphatic rings. The van der Waals surface area contributed by atoms with Gasteiger partial charge in [0.2, 0.25) is 0 Å². The van der Waals surface area contributed by atoms with Crippen LogP contribution in [0.1, 0.15) is 23.3 Å². The number of rotatable bonds is 3. The molecule has 18 heavy (non-hydrogen) atoms. The Morgan fingerprint density at radius 2 is 2.11 bits per heavy atom. The molecule has 1 aliphatic carbocycles. The van der Waals surface area contributed by atoms with Gasteiger partial charge in [0.15, 0.2) is 0 Å². The zero-order valence-electron chi connectivity index (χ0n) is 10.3. The molecule has 0 unspecified atom stereocenters. The van der Waals surface area contributed by atoms with E-state index in [1.165, 1.54) is 12.8 Å². The van der Waals surface area contributed by atoms with Crippen molar-refractivity contribution in [1.82, 2.24) is 9.88 Å². The molecular formula is C13H17N3O2. The first kappa shape index (κ1) is 11.5. The number of ether oxygens (including phenoxy) is 1. The summed E-state index contributed by atoms with van der Waals surface area (Å²) in [5.41, 5.74) is 0.516. The van der Waals surface area contributed by atoms with Crippen LogP contribution in [0.15, 0.2) is 18.2 Å². The van der Waals surface area contributed by atoms with Crippen LogP contribution in [-0.4, -0.2) is 48.1 Å². The fourth-order valence-corrected chi connectivity index (χ4v) is 2.00. The first-order chi connectivity index (χ1) is 8.83. The quantitative estimate of drug-likeness (QED) is 0.870. The molecule has 0 atom stereocenters.